The number of rotatable bonds is 11. The van der Waals surface area contributed by atoms with Crippen molar-refractivity contribution in [2.45, 2.75) is 38.1 Å². The second-order valence-corrected chi connectivity index (χ2v) is 10.1. The first-order chi connectivity index (χ1) is 17.1. The van der Waals surface area contributed by atoms with E-state index in [9.17, 15) is 14.9 Å². The lowest BCUT2D eigenvalue weighted by atomic mass is 9.64. The fourth-order valence-corrected chi connectivity index (χ4v) is 4.99. The molecule has 6 heteroatoms. The largest absolute Gasteiger partial charge is 0.378 e. The summed E-state index contributed by atoms with van der Waals surface area (Å²) in [7, 11) is 7.87. The van der Waals surface area contributed by atoms with Gasteiger partial charge in [0.25, 0.3) is 0 Å². The number of carbonyl (C=O) groups is 1. The van der Waals surface area contributed by atoms with Crippen LogP contribution < -0.4 is 9.80 Å². The van der Waals surface area contributed by atoms with Crippen molar-refractivity contribution in [2.75, 3.05) is 38.0 Å². The average Bonchev–Trinajstić information content (AvgIpc) is 2.89. The van der Waals surface area contributed by atoms with Crippen molar-refractivity contribution in [3.05, 3.63) is 106 Å². The van der Waals surface area contributed by atoms with Crippen molar-refractivity contribution in [2.24, 2.45) is 5.41 Å². The molecule has 0 aromatic heterocycles. The highest BCUT2D eigenvalue weighted by molar-refractivity contribution is 5.62. The molecule has 0 amide bonds. The predicted octanol–water partition coefficient (Wildman–Crippen LogP) is 5.99. The van der Waals surface area contributed by atoms with Gasteiger partial charge in [-0.05, 0) is 47.4 Å². The van der Waals surface area contributed by atoms with E-state index >= 15 is 0 Å². The molecule has 0 heterocycles. The summed E-state index contributed by atoms with van der Waals surface area (Å²) in [6.07, 6.45) is 1.40. The van der Waals surface area contributed by atoms with Crippen molar-refractivity contribution in [3.63, 3.8) is 0 Å². The Morgan fingerprint density at radius 2 is 1.25 bits per heavy atom. The Labute approximate surface area is 214 Å². The first kappa shape index (κ1) is 26.9. The van der Waals surface area contributed by atoms with E-state index in [1.807, 2.05) is 131 Å². The van der Waals surface area contributed by atoms with E-state index < -0.39 is 23.3 Å². The smallest absolute Gasteiger partial charge is 0.231 e. The highest BCUT2D eigenvalue weighted by Gasteiger charge is 2.50. The molecule has 0 fully saturated rings. The van der Waals surface area contributed by atoms with Crippen LogP contribution in [0.1, 0.15) is 48.8 Å². The van der Waals surface area contributed by atoms with Crippen LogP contribution in [0.15, 0.2) is 78.9 Å². The maximum atomic E-state index is 13.0. The number of hydrogen-bond acceptors (Lipinski definition) is 5. The van der Waals surface area contributed by atoms with Crippen LogP contribution in [0.25, 0.3) is 0 Å². The van der Waals surface area contributed by atoms with Crippen LogP contribution in [0.4, 0.5) is 11.4 Å². The third kappa shape index (κ3) is 5.59. The summed E-state index contributed by atoms with van der Waals surface area (Å²) >= 11 is 0. The number of hydrogen-bond donors (Lipinski definition) is 0. The first-order valence-electron chi connectivity index (χ1n) is 12.3. The minimum atomic E-state index is -1.06. The summed E-state index contributed by atoms with van der Waals surface area (Å²) in [6, 6.07) is 24.3. The van der Waals surface area contributed by atoms with E-state index in [0.717, 1.165) is 34.4 Å². The summed E-state index contributed by atoms with van der Waals surface area (Å²) in [5.41, 5.74) is 3.63. The summed E-state index contributed by atoms with van der Waals surface area (Å²) in [5, 5.41) is 13.0. The van der Waals surface area contributed by atoms with Crippen LogP contribution in [0.2, 0.25) is 0 Å². The number of benzene rings is 3. The molecule has 0 N–H and O–H groups in total. The number of anilines is 2. The Morgan fingerprint density at radius 3 is 1.58 bits per heavy atom. The number of nitro groups is 1. The predicted molar refractivity (Wildman–Crippen MR) is 148 cm³/mol. The second kappa shape index (κ2) is 11.4. The van der Waals surface area contributed by atoms with Crippen LogP contribution >= 0.6 is 0 Å². The molecule has 0 aliphatic rings. The van der Waals surface area contributed by atoms with E-state index in [-0.39, 0.29) is 4.92 Å². The van der Waals surface area contributed by atoms with E-state index in [1.165, 1.54) is 0 Å². The van der Waals surface area contributed by atoms with Gasteiger partial charge in [0.2, 0.25) is 6.04 Å². The fraction of sp³-hybridized carbons (Fsp3) is 0.367. The van der Waals surface area contributed by atoms with Crippen molar-refractivity contribution >= 4 is 17.7 Å². The van der Waals surface area contributed by atoms with Gasteiger partial charge in [0.15, 0.2) is 0 Å². The minimum absolute atomic E-state index is 0.181. The molecule has 3 rings (SSSR count). The van der Waals surface area contributed by atoms with Crippen molar-refractivity contribution in [1.29, 1.82) is 0 Å². The molecule has 0 saturated heterocycles. The Kier molecular flexibility index (Phi) is 8.51. The number of nitrogens with zero attached hydrogens (tertiary/aromatic N) is 3. The van der Waals surface area contributed by atoms with Gasteiger partial charge in [0, 0.05) is 49.9 Å². The van der Waals surface area contributed by atoms with Crippen molar-refractivity contribution < 1.29 is 9.72 Å². The zero-order chi connectivity index (χ0) is 26.5. The number of carbonyl (C=O) groups excluding carboxylic acids is 1. The molecule has 0 aliphatic heterocycles. The van der Waals surface area contributed by atoms with Crippen LogP contribution in [0.5, 0.6) is 0 Å². The van der Waals surface area contributed by atoms with Gasteiger partial charge in [-0.2, -0.15) is 0 Å². The molecule has 190 valence electrons. The standard InChI is InChI=1S/C30H37N3O3/c1-7-30(2,21-34)28(24-11-9-8-10-12-24)29(33(35)36)27(22-13-17-25(18-14-22)31(3)4)23-15-19-26(20-16-23)32(5)6/h8-21,27-29H,7H2,1-6H3/t28-,29-,30-/m0/s1. The highest BCUT2D eigenvalue weighted by Crippen LogP contribution is 2.47. The molecule has 0 aliphatic carbocycles. The molecule has 0 spiro atoms. The fourth-order valence-electron chi connectivity index (χ4n) is 4.99. The van der Waals surface area contributed by atoms with Gasteiger partial charge in [-0.15, -0.1) is 0 Å². The maximum absolute atomic E-state index is 13.0. The second-order valence-electron chi connectivity index (χ2n) is 10.1. The summed E-state index contributed by atoms with van der Waals surface area (Å²) in [5.74, 6) is -1.17. The van der Waals surface area contributed by atoms with Gasteiger partial charge in [0.1, 0.15) is 6.29 Å². The van der Waals surface area contributed by atoms with Gasteiger partial charge >= 0.3 is 0 Å². The van der Waals surface area contributed by atoms with Crippen LogP contribution in [0, 0.1) is 15.5 Å². The monoisotopic (exact) mass is 487 g/mol. The highest BCUT2D eigenvalue weighted by atomic mass is 16.6. The summed E-state index contributed by atoms with van der Waals surface area (Å²) < 4.78 is 0. The molecule has 6 nitrogen and oxygen atoms in total. The molecule has 0 bridgehead atoms. The van der Waals surface area contributed by atoms with Gasteiger partial charge in [-0.1, -0.05) is 68.4 Å². The van der Waals surface area contributed by atoms with E-state index in [0.29, 0.717) is 6.42 Å². The normalized spacial score (nSPS) is 14.5. The minimum Gasteiger partial charge on any atom is -0.378 e. The quantitative estimate of drug-likeness (QED) is 0.189. The lowest BCUT2D eigenvalue weighted by Crippen LogP contribution is -2.43. The molecular formula is C30H37N3O3. The Hall–Kier alpha value is -3.67. The lowest BCUT2D eigenvalue weighted by molar-refractivity contribution is -0.532. The van der Waals surface area contributed by atoms with Gasteiger partial charge in [-0.3, -0.25) is 10.1 Å². The molecule has 0 unspecified atom stereocenters. The number of aldehydes is 1. The third-order valence-electron chi connectivity index (χ3n) is 7.36. The topological polar surface area (TPSA) is 66.7 Å². The molecule has 36 heavy (non-hydrogen) atoms. The molecule has 0 radical (unpaired) electrons. The molecule has 3 atom stereocenters. The van der Waals surface area contributed by atoms with Gasteiger partial charge < -0.3 is 14.6 Å². The molecule has 3 aromatic rings. The lowest BCUT2D eigenvalue weighted by Gasteiger charge is -2.37. The Balaban J connectivity index is 2.28. The van der Waals surface area contributed by atoms with Crippen LogP contribution in [-0.4, -0.2) is 45.4 Å². The third-order valence-corrected chi connectivity index (χ3v) is 7.36. The Morgan fingerprint density at radius 1 is 0.806 bits per heavy atom. The van der Waals surface area contributed by atoms with Gasteiger partial charge in [0.05, 0.1) is 11.8 Å². The Bertz CT molecular complexity index is 1090. The van der Waals surface area contributed by atoms with Gasteiger partial charge in [-0.25, -0.2) is 0 Å². The molecule has 3 aromatic carbocycles. The zero-order valence-electron chi connectivity index (χ0n) is 22.1. The summed E-state index contributed by atoms with van der Waals surface area (Å²) in [6.45, 7) is 3.77. The first-order valence-corrected chi connectivity index (χ1v) is 12.3. The molecule has 0 saturated carbocycles. The van der Waals surface area contributed by atoms with Crippen LogP contribution in [0.3, 0.4) is 0 Å². The van der Waals surface area contributed by atoms with E-state index in [1.54, 1.807) is 0 Å². The summed E-state index contributed by atoms with van der Waals surface area (Å²) in [4.78, 5) is 29.3. The van der Waals surface area contributed by atoms with Crippen LogP contribution in [-0.2, 0) is 4.79 Å². The van der Waals surface area contributed by atoms with Crippen molar-refractivity contribution in [3.8, 4) is 0 Å². The van der Waals surface area contributed by atoms with Crippen molar-refractivity contribution in [1.82, 2.24) is 0 Å². The SMILES string of the molecule is CC[C@@](C)(C=O)[C@@H](c1ccccc1)[C@H](C(c1ccc(N(C)C)cc1)c1ccc(N(C)C)cc1)[N+](=O)[O-]. The average molecular weight is 488 g/mol. The van der Waals surface area contributed by atoms with E-state index in [4.69, 9.17) is 0 Å². The van der Waals surface area contributed by atoms with E-state index in [2.05, 4.69) is 0 Å². The maximum Gasteiger partial charge on any atom is 0.231 e. The molecular weight excluding hydrogens is 450 g/mol. The zero-order valence-corrected chi connectivity index (χ0v) is 22.1.